The Kier molecular flexibility index (Phi) is 2.67. The summed E-state index contributed by atoms with van der Waals surface area (Å²) >= 11 is 0. The van der Waals surface area contributed by atoms with Gasteiger partial charge in [0, 0.05) is 11.6 Å². The van der Waals surface area contributed by atoms with Gasteiger partial charge in [0.2, 0.25) is 0 Å². The Morgan fingerprint density at radius 2 is 2.00 bits per heavy atom. The van der Waals surface area contributed by atoms with Crippen LogP contribution in [0.3, 0.4) is 0 Å². The van der Waals surface area contributed by atoms with Crippen LogP contribution in [0.5, 0.6) is 0 Å². The third-order valence-electron chi connectivity index (χ3n) is 3.80. The number of para-hydroxylation sites is 1. The minimum absolute atomic E-state index is 0.567. The predicted octanol–water partition coefficient (Wildman–Crippen LogP) is 3.17. The number of benzene rings is 1. The Morgan fingerprint density at radius 1 is 1.18 bits per heavy atom. The van der Waals surface area contributed by atoms with Crippen LogP contribution in [-0.2, 0) is 0 Å². The predicted molar refractivity (Wildman–Crippen MR) is 67.1 cm³/mol. The van der Waals surface area contributed by atoms with E-state index in [1.807, 2.05) is 12.4 Å². The Hall–Kier alpha value is -1.64. The second kappa shape index (κ2) is 4.32. The van der Waals surface area contributed by atoms with Crippen molar-refractivity contribution in [3.8, 4) is 5.69 Å². The van der Waals surface area contributed by atoms with Crippen LogP contribution in [0, 0.1) is 5.92 Å². The van der Waals surface area contributed by atoms with Gasteiger partial charge in [0.15, 0.2) is 0 Å². The molecule has 1 aliphatic carbocycles. The first-order valence-corrected chi connectivity index (χ1v) is 6.31. The van der Waals surface area contributed by atoms with Crippen molar-refractivity contribution in [1.82, 2.24) is 14.8 Å². The summed E-state index contributed by atoms with van der Waals surface area (Å²) in [5.41, 5.74) is 1.16. The van der Waals surface area contributed by atoms with Crippen molar-refractivity contribution in [3.63, 3.8) is 0 Å². The van der Waals surface area contributed by atoms with Crippen molar-refractivity contribution in [1.29, 1.82) is 0 Å². The molecule has 1 aromatic heterocycles. The first-order valence-electron chi connectivity index (χ1n) is 6.31. The molecule has 1 fully saturated rings. The Morgan fingerprint density at radius 3 is 2.71 bits per heavy atom. The lowest BCUT2D eigenvalue weighted by Crippen LogP contribution is -2.09. The molecular formula is C14H17N3. The lowest BCUT2D eigenvalue weighted by Gasteiger charge is -2.15. The third-order valence-corrected chi connectivity index (χ3v) is 3.80. The van der Waals surface area contributed by atoms with Gasteiger partial charge in [-0.2, -0.15) is 0 Å². The zero-order valence-corrected chi connectivity index (χ0v) is 10.1. The summed E-state index contributed by atoms with van der Waals surface area (Å²) in [6.07, 6.45) is 5.70. The first-order chi connectivity index (χ1) is 8.36. The molecule has 0 radical (unpaired) electrons. The molecule has 2 aromatic rings. The third kappa shape index (κ3) is 1.86. The van der Waals surface area contributed by atoms with E-state index in [0.29, 0.717) is 5.92 Å². The number of hydrogen-bond donors (Lipinski definition) is 0. The van der Waals surface area contributed by atoms with Crippen LogP contribution < -0.4 is 0 Å². The topological polar surface area (TPSA) is 30.7 Å². The van der Waals surface area contributed by atoms with Crippen LogP contribution in [0.15, 0.2) is 36.7 Å². The minimum atomic E-state index is 0.567. The molecule has 3 nitrogen and oxygen atoms in total. The summed E-state index contributed by atoms with van der Waals surface area (Å²) in [6, 6.07) is 10.3. The van der Waals surface area contributed by atoms with E-state index in [4.69, 9.17) is 0 Å². The van der Waals surface area contributed by atoms with Gasteiger partial charge in [0.25, 0.3) is 0 Å². The van der Waals surface area contributed by atoms with Crippen molar-refractivity contribution in [2.45, 2.75) is 32.1 Å². The smallest absolute Gasteiger partial charge is 0.140 e. The maximum Gasteiger partial charge on any atom is 0.140 e. The van der Waals surface area contributed by atoms with Gasteiger partial charge < -0.3 is 0 Å². The number of rotatable bonds is 2. The van der Waals surface area contributed by atoms with E-state index in [1.165, 1.54) is 19.3 Å². The monoisotopic (exact) mass is 227 g/mol. The lowest BCUT2D eigenvalue weighted by atomic mass is 9.97. The van der Waals surface area contributed by atoms with Crippen molar-refractivity contribution < 1.29 is 0 Å². The average molecular weight is 227 g/mol. The molecule has 0 amide bonds. The molecular weight excluding hydrogens is 210 g/mol. The molecule has 0 N–H and O–H groups in total. The van der Waals surface area contributed by atoms with Crippen LogP contribution in [0.1, 0.15) is 37.9 Å². The van der Waals surface area contributed by atoms with E-state index in [2.05, 4.69) is 46.0 Å². The highest BCUT2D eigenvalue weighted by Gasteiger charge is 2.29. The molecule has 1 aliphatic rings. The molecule has 1 heterocycles. The van der Waals surface area contributed by atoms with Crippen molar-refractivity contribution in [2.24, 2.45) is 5.92 Å². The second-order valence-corrected chi connectivity index (χ2v) is 4.91. The highest BCUT2D eigenvalue weighted by Crippen LogP contribution is 2.38. The van der Waals surface area contributed by atoms with Gasteiger partial charge in [0.1, 0.15) is 12.2 Å². The zero-order chi connectivity index (χ0) is 11.7. The Labute approximate surface area is 101 Å². The molecule has 0 saturated heterocycles. The van der Waals surface area contributed by atoms with E-state index in [0.717, 1.165) is 17.4 Å². The van der Waals surface area contributed by atoms with E-state index < -0.39 is 0 Å². The minimum Gasteiger partial charge on any atom is -0.285 e. The van der Waals surface area contributed by atoms with Crippen LogP contribution >= 0.6 is 0 Å². The fourth-order valence-corrected chi connectivity index (χ4v) is 2.81. The fraction of sp³-hybridized carbons (Fsp3) is 0.429. The summed E-state index contributed by atoms with van der Waals surface area (Å²) in [5.74, 6) is 2.42. The molecule has 17 heavy (non-hydrogen) atoms. The lowest BCUT2D eigenvalue weighted by molar-refractivity contribution is 0.502. The van der Waals surface area contributed by atoms with Crippen molar-refractivity contribution in [2.75, 3.05) is 0 Å². The molecule has 2 atom stereocenters. The summed E-state index contributed by atoms with van der Waals surface area (Å²) in [7, 11) is 0. The first kappa shape index (κ1) is 10.5. The van der Waals surface area contributed by atoms with E-state index in [-0.39, 0.29) is 0 Å². The van der Waals surface area contributed by atoms with Gasteiger partial charge in [-0.15, -0.1) is 10.2 Å². The number of nitrogens with zero attached hydrogens (tertiary/aromatic N) is 3. The molecule has 0 aliphatic heterocycles. The van der Waals surface area contributed by atoms with Gasteiger partial charge in [-0.25, -0.2) is 0 Å². The van der Waals surface area contributed by atoms with Crippen LogP contribution in [0.4, 0.5) is 0 Å². The Balaban J connectivity index is 2.00. The zero-order valence-electron chi connectivity index (χ0n) is 10.1. The largest absolute Gasteiger partial charge is 0.285 e. The highest BCUT2D eigenvalue weighted by molar-refractivity contribution is 5.32. The van der Waals surface area contributed by atoms with Gasteiger partial charge in [0.05, 0.1) is 0 Å². The van der Waals surface area contributed by atoms with E-state index >= 15 is 0 Å². The summed E-state index contributed by atoms with van der Waals surface area (Å²) < 4.78 is 2.13. The molecule has 88 valence electrons. The van der Waals surface area contributed by atoms with Crippen molar-refractivity contribution in [3.05, 3.63) is 42.5 Å². The average Bonchev–Trinajstić information content (AvgIpc) is 2.98. The standard InChI is InChI=1S/C14H17N3/c1-11-6-5-9-13(11)14-16-15-10-17(14)12-7-3-2-4-8-12/h2-4,7-8,10-11,13H,5-6,9H2,1H3. The maximum absolute atomic E-state index is 4.34. The normalized spacial score (nSPS) is 24.1. The summed E-state index contributed by atoms with van der Waals surface area (Å²) in [5, 5.41) is 8.43. The van der Waals surface area contributed by atoms with Crippen LogP contribution in [-0.4, -0.2) is 14.8 Å². The summed E-state index contributed by atoms with van der Waals surface area (Å²) in [6.45, 7) is 2.32. The second-order valence-electron chi connectivity index (χ2n) is 4.91. The highest BCUT2D eigenvalue weighted by atomic mass is 15.3. The number of hydrogen-bond acceptors (Lipinski definition) is 2. The molecule has 0 spiro atoms. The van der Waals surface area contributed by atoms with Crippen LogP contribution in [0.2, 0.25) is 0 Å². The van der Waals surface area contributed by atoms with Gasteiger partial charge in [-0.05, 0) is 30.9 Å². The Bertz CT molecular complexity index is 489. The molecule has 1 saturated carbocycles. The maximum atomic E-state index is 4.34. The molecule has 1 aromatic carbocycles. The van der Waals surface area contributed by atoms with Gasteiger partial charge >= 0.3 is 0 Å². The molecule has 0 bridgehead atoms. The van der Waals surface area contributed by atoms with Crippen molar-refractivity contribution >= 4 is 0 Å². The van der Waals surface area contributed by atoms with Gasteiger partial charge in [-0.1, -0.05) is 31.5 Å². The van der Waals surface area contributed by atoms with Gasteiger partial charge in [-0.3, -0.25) is 4.57 Å². The quantitative estimate of drug-likeness (QED) is 0.789. The molecule has 3 rings (SSSR count). The number of aromatic nitrogens is 3. The fourth-order valence-electron chi connectivity index (χ4n) is 2.81. The van der Waals surface area contributed by atoms with E-state index in [1.54, 1.807) is 0 Å². The SMILES string of the molecule is CC1CCCC1c1nncn1-c1ccccc1. The van der Waals surface area contributed by atoms with E-state index in [9.17, 15) is 0 Å². The summed E-state index contributed by atoms with van der Waals surface area (Å²) in [4.78, 5) is 0. The van der Waals surface area contributed by atoms with Crippen LogP contribution in [0.25, 0.3) is 5.69 Å². The molecule has 2 unspecified atom stereocenters. The molecule has 3 heteroatoms.